The minimum atomic E-state index is 0.372. The van der Waals surface area contributed by atoms with Gasteiger partial charge in [-0.15, -0.1) is 0 Å². The van der Waals surface area contributed by atoms with E-state index in [4.69, 9.17) is 4.74 Å². The summed E-state index contributed by atoms with van der Waals surface area (Å²) in [6.45, 7) is 2.45. The fourth-order valence-electron chi connectivity index (χ4n) is 5.24. The van der Waals surface area contributed by atoms with E-state index in [1.807, 2.05) is 0 Å². The molecule has 28 heavy (non-hydrogen) atoms. The summed E-state index contributed by atoms with van der Waals surface area (Å²) in [5.41, 5.74) is 1.29. The Morgan fingerprint density at radius 1 is 0.964 bits per heavy atom. The summed E-state index contributed by atoms with van der Waals surface area (Å²) in [4.78, 5) is 17.9. The third kappa shape index (κ3) is 4.37. The molecule has 1 aliphatic heterocycles. The van der Waals surface area contributed by atoms with Gasteiger partial charge >= 0.3 is 0 Å². The molecule has 152 valence electrons. The summed E-state index contributed by atoms with van der Waals surface area (Å²) >= 11 is 0. The van der Waals surface area contributed by atoms with Crippen LogP contribution in [0.1, 0.15) is 69.8 Å². The van der Waals surface area contributed by atoms with E-state index in [1.165, 1.54) is 69.8 Å². The molecule has 2 unspecified atom stereocenters. The second-order valence-electron chi connectivity index (χ2n) is 9.44. The van der Waals surface area contributed by atoms with Crippen molar-refractivity contribution in [2.45, 2.75) is 88.9 Å². The molecule has 1 aromatic carbocycles. The molecule has 4 heteroatoms. The highest BCUT2D eigenvalue weighted by molar-refractivity contribution is 5.79. The number of rotatable bonds is 7. The van der Waals surface area contributed by atoms with Crippen molar-refractivity contribution in [1.82, 2.24) is 9.80 Å². The topological polar surface area (TPSA) is 32.8 Å². The zero-order valence-corrected chi connectivity index (χ0v) is 17.0. The molecule has 1 saturated heterocycles. The van der Waals surface area contributed by atoms with Gasteiger partial charge in [-0.2, -0.15) is 0 Å². The van der Waals surface area contributed by atoms with Gasteiger partial charge in [0, 0.05) is 25.2 Å². The molecule has 3 aliphatic carbocycles. The number of carbonyl (C=O) groups excluding carboxylic acids is 1. The van der Waals surface area contributed by atoms with Gasteiger partial charge < -0.3 is 9.64 Å². The number of carbonyl (C=O) groups is 1. The number of hydrogen-bond donors (Lipinski definition) is 0. The number of amides is 1. The average molecular weight is 383 g/mol. The van der Waals surface area contributed by atoms with Crippen molar-refractivity contribution in [3.05, 3.63) is 29.8 Å². The van der Waals surface area contributed by atoms with E-state index in [0.29, 0.717) is 30.6 Å². The lowest BCUT2D eigenvalue weighted by atomic mass is 9.78. The van der Waals surface area contributed by atoms with Crippen molar-refractivity contribution in [2.24, 2.45) is 5.92 Å². The van der Waals surface area contributed by atoms with Crippen LogP contribution < -0.4 is 4.74 Å². The lowest BCUT2D eigenvalue weighted by molar-refractivity contribution is -0.139. The van der Waals surface area contributed by atoms with Crippen LogP contribution in [0.5, 0.6) is 5.75 Å². The summed E-state index contributed by atoms with van der Waals surface area (Å²) in [7, 11) is 0. The van der Waals surface area contributed by atoms with Crippen molar-refractivity contribution in [1.29, 1.82) is 0 Å². The molecule has 0 radical (unpaired) electrons. The lowest BCUT2D eigenvalue weighted by Crippen LogP contribution is -2.52. The number of nitrogens with zero attached hydrogens (tertiary/aromatic N) is 2. The normalized spacial score (nSPS) is 27.5. The van der Waals surface area contributed by atoms with Crippen LogP contribution in [0.4, 0.5) is 0 Å². The average Bonchev–Trinajstić information content (AvgIpc) is 3.62. The smallest absolute Gasteiger partial charge is 0.237 e. The summed E-state index contributed by atoms with van der Waals surface area (Å²) in [6, 6.07) is 9.66. The van der Waals surface area contributed by atoms with Crippen LogP contribution in [0.2, 0.25) is 0 Å². The standard InChI is InChI=1S/C24H34N2O2/c27-24(26-15-3-5-19-4-1-2-6-23(19)26)17-25(20-9-10-20)16-18-7-11-21(12-8-18)28-22-13-14-22/h7-8,11-12,19-20,22-23H,1-6,9-10,13-17H2. The van der Waals surface area contributed by atoms with Crippen LogP contribution in [-0.4, -0.2) is 47.0 Å². The molecule has 2 atom stereocenters. The van der Waals surface area contributed by atoms with Gasteiger partial charge in [0.2, 0.25) is 5.91 Å². The molecule has 1 aromatic rings. The third-order valence-electron chi connectivity index (χ3n) is 7.10. The zero-order valence-electron chi connectivity index (χ0n) is 17.0. The van der Waals surface area contributed by atoms with E-state index in [1.54, 1.807) is 0 Å². The SMILES string of the molecule is O=C(CN(Cc1ccc(OC2CC2)cc1)C1CC1)N1CCCC2CCCCC21. The minimum Gasteiger partial charge on any atom is -0.490 e. The summed E-state index contributed by atoms with van der Waals surface area (Å²) in [5.74, 6) is 2.12. The Balaban J connectivity index is 1.21. The molecular formula is C24H34N2O2. The lowest BCUT2D eigenvalue weighted by Gasteiger charge is -2.44. The van der Waals surface area contributed by atoms with Crippen LogP contribution in [0.15, 0.2) is 24.3 Å². The third-order valence-corrected chi connectivity index (χ3v) is 7.10. The molecule has 3 saturated carbocycles. The first-order chi connectivity index (χ1) is 13.8. The molecule has 0 spiro atoms. The molecule has 5 rings (SSSR count). The maximum atomic E-state index is 13.2. The van der Waals surface area contributed by atoms with Crippen LogP contribution in [0, 0.1) is 5.92 Å². The highest BCUT2D eigenvalue weighted by Gasteiger charge is 2.37. The summed E-state index contributed by atoms with van der Waals surface area (Å²) in [6.07, 6.45) is 13.0. The van der Waals surface area contributed by atoms with E-state index < -0.39 is 0 Å². The van der Waals surface area contributed by atoms with Gasteiger partial charge in [-0.3, -0.25) is 9.69 Å². The fraction of sp³-hybridized carbons (Fsp3) is 0.708. The van der Waals surface area contributed by atoms with Crippen molar-refractivity contribution in [3.63, 3.8) is 0 Å². The van der Waals surface area contributed by atoms with Gasteiger partial charge in [0.1, 0.15) is 5.75 Å². The van der Waals surface area contributed by atoms with Crippen molar-refractivity contribution < 1.29 is 9.53 Å². The van der Waals surface area contributed by atoms with Gasteiger partial charge in [-0.05, 0) is 75.0 Å². The quantitative estimate of drug-likeness (QED) is 0.702. The van der Waals surface area contributed by atoms with Crippen LogP contribution in [-0.2, 0) is 11.3 Å². The number of fused-ring (bicyclic) bond motifs is 1. The molecule has 0 bridgehead atoms. The summed E-state index contributed by atoms with van der Waals surface area (Å²) < 4.78 is 5.86. The highest BCUT2D eigenvalue weighted by atomic mass is 16.5. The van der Waals surface area contributed by atoms with Crippen LogP contribution >= 0.6 is 0 Å². The molecule has 0 N–H and O–H groups in total. The van der Waals surface area contributed by atoms with Crippen molar-refractivity contribution in [3.8, 4) is 5.75 Å². The second-order valence-corrected chi connectivity index (χ2v) is 9.44. The Bertz CT molecular complexity index is 678. The monoisotopic (exact) mass is 382 g/mol. The Hall–Kier alpha value is -1.55. The second kappa shape index (κ2) is 8.06. The van der Waals surface area contributed by atoms with E-state index in [2.05, 4.69) is 34.1 Å². The van der Waals surface area contributed by atoms with Crippen LogP contribution in [0.3, 0.4) is 0 Å². The van der Waals surface area contributed by atoms with Crippen LogP contribution in [0.25, 0.3) is 0 Å². The minimum absolute atomic E-state index is 0.372. The Morgan fingerprint density at radius 2 is 1.71 bits per heavy atom. The first-order valence-electron chi connectivity index (χ1n) is 11.6. The fourth-order valence-corrected chi connectivity index (χ4v) is 5.24. The molecule has 0 aromatic heterocycles. The van der Waals surface area contributed by atoms with E-state index in [-0.39, 0.29) is 0 Å². The molecule has 4 nitrogen and oxygen atoms in total. The van der Waals surface area contributed by atoms with Gasteiger partial charge in [-0.1, -0.05) is 25.0 Å². The van der Waals surface area contributed by atoms with E-state index in [9.17, 15) is 4.79 Å². The largest absolute Gasteiger partial charge is 0.490 e. The van der Waals surface area contributed by atoms with Gasteiger partial charge in [0.05, 0.1) is 12.6 Å². The number of hydrogen-bond acceptors (Lipinski definition) is 3. The number of piperidine rings is 1. The molecular weight excluding hydrogens is 348 g/mol. The first-order valence-corrected chi connectivity index (χ1v) is 11.6. The van der Waals surface area contributed by atoms with Crippen molar-refractivity contribution >= 4 is 5.91 Å². The Kier molecular flexibility index (Phi) is 5.32. The molecule has 1 amide bonds. The predicted octanol–water partition coefficient (Wildman–Crippen LogP) is 4.37. The summed E-state index contributed by atoms with van der Waals surface area (Å²) in [5, 5.41) is 0. The Labute approximate surface area is 169 Å². The molecule has 4 aliphatic rings. The number of likely N-dealkylation sites (tertiary alicyclic amines) is 1. The molecule has 4 fully saturated rings. The number of ether oxygens (including phenoxy) is 1. The van der Waals surface area contributed by atoms with E-state index >= 15 is 0 Å². The van der Waals surface area contributed by atoms with Gasteiger partial charge in [-0.25, -0.2) is 0 Å². The van der Waals surface area contributed by atoms with E-state index in [0.717, 1.165) is 24.8 Å². The maximum absolute atomic E-state index is 13.2. The first kappa shape index (κ1) is 18.5. The predicted molar refractivity (Wildman–Crippen MR) is 110 cm³/mol. The molecule has 1 heterocycles. The van der Waals surface area contributed by atoms with Crippen molar-refractivity contribution in [2.75, 3.05) is 13.1 Å². The van der Waals surface area contributed by atoms with Gasteiger partial charge in [0.25, 0.3) is 0 Å². The van der Waals surface area contributed by atoms with Gasteiger partial charge in [0.15, 0.2) is 0 Å². The number of benzene rings is 1. The highest BCUT2D eigenvalue weighted by Crippen LogP contribution is 2.36. The Morgan fingerprint density at radius 3 is 2.46 bits per heavy atom. The maximum Gasteiger partial charge on any atom is 0.237 e. The zero-order chi connectivity index (χ0) is 18.9.